The highest BCUT2D eigenvalue weighted by Gasteiger charge is 2.54. The van der Waals surface area contributed by atoms with Crippen LogP contribution in [0.5, 0.6) is 0 Å². The van der Waals surface area contributed by atoms with Gasteiger partial charge >= 0.3 is 0 Å². The summed E-state index contributed by atoms with van der Waals surface area (Å²) in [6, 6.07) is 9.28. The standard InChI is InChI=1S/C35H36N2O14S4/c1-34-14-12-22(32(34)36(18-24(38)20-53(41,42)43)30-10-8-26(16-28(30)34)52-51-50-40)6-4-3-5-7-23-13-15-35(2)29-17-27(55(47,48)49)9-11-31(29)37(33(23)35)19-25(39)21-54(44,45)46/h3-11,16-19H,12-15,20-21H2,1-2H3,(H5-,38,39,40,41,42,43,44,45,46,47,48,49)/p+1/b24-18+,25-19+. The molecule has 16 nitrogen and oxygen atoms in total. The zero-order valence-electron chi connectivity index (χ0n) is 29.2. The lowest BCUT2D eigenvalue weighted by Gasteiger charge is -2.24. The first-order valence-electron chi connectivity index (χ1n) is 16.5. The Bertz CT molecular complexity index is 2520. The smallest absolute Gasteiger partial charge is 0.294 e. The van der Waals surface area contributed by atoms with Crippen molar-refractivity contribution in [1.29, 1.82) is 0 Å². The van der Waals surface area contributed by atoms with E-state index in [4.69, 9.17) is 5.26 Å². The topological polar surface area (TPSA) is 249 Å². The van der Waals surface area contributed by atoms with Crippen LogP contribution in [0.15, 0.2) is 117 Å². The van der Waals surface area contributed by atoms with E-state index in [2.05, 4.69) is 9.37 Å². The van der Waals surface area contributed by atoms with Crippen LogP contribution in [0.3, 0.4) is 0 Å². The molecule has 0 saturated heterocycles. The van der Waals surface area contributed by atoms with E-state index in [-0.39, 0.29) is 4.90 Å². The van der Waals surface area contributed by atoms with Crippen LogP contribution in [0, 0.1) is 0 Å². The first-order chi connectivity index (χ1) is 25.6. The number of hydrogen-bond acceptors (Lipinski definition) is 13. The van der Waals surface area contributed by atoms with Crippen molar-refractivity contribution in [1.82, 2.24) is 0 Å². The summed E-state index contributed by atoms with van der Waals surface area (Å²) in [6.45, 7) is 3.88. The number of aliphatic hydroxyl groups excluding tert-OH is 2. The molecule has 1 fully saturated rings. The van der Waals surface area contributed by atoms with Crippen LogP contribution in [0.2, 0.25) is 0 Å². The van der Waals surface area contributed by atoms with E-state index in [1.54, 1.807) is 39.8 Å². The largest absolute Gasteiger partial charge is 0.510 e. The summed E-state index contributed by atoms with van der Waals surface area (Å²) in [4.78, 5) is 1.84. The van der Waals surface area contributed by atoms with E-state index >= 15 is 0 Å². The molecule has 6 rings (SSSR count). The molecule has 0 aromatic heterocycles. The molecule has 2 heterocycles. The number of anilines is 1. The molecule has 4 aliphatic rings. The van der Waals surface area contributed by atoms with Crippen LogP contribution in [0.25, 0.3) is 0 Å². The molecule has 2 unspecified atom stereocenters. The third-order valence-corrected chi connectivity index (χ3v) is 12.8. The van der Waals surface area contributed by atoms with E-state index in [9.17, 15) is 49.1 Å². The van der Waals surface area contributed by atoms with Crippen molar-refractivity contribution in [3.05, 3.63) is 119 Å². The average molecular weight is 838 g/mol. The highest BCUT2D eigenvalue weighted by Crippen LogP contribution is 2.57. The number of hydrogen-bond donors (Lipinski definition) is 6. The van der Waals surface area contributed by atoms with Gasteiger partial charge in [-0.05, 0) is 81.0 Å². The first-order valence-corrected chi connectivity index (χ1v) is 21.9. The Morgan fingerprint density at radius 1 is 0.873 bits per heavy atom. The molecular weight excluding hydrogens is 801 g/mol. The molecule has 0 spiro atoms. The van der Waals surface area contributed by atoms with Crippen molar-refractivity contribution in [2.24, 2.45) is 0 Å². The summed E-state index contributed by atoms with van der Waals surface area (Å²) in [5.41, 5.74) is 4.22. The molecule has 0 bridgehead atoms. The Hall–Kier alpha value is -4.09. The highest BCUT2D eigenvalue weighted by atomic mass is 32.2. The van der Waals surface area contributed by atoms with Crippen LogP contribution in [0.1, 0.15) is 50.7 Å². The molecule has 2 atom stereocenters. The van der Waals surface area contributed by atoms with Crippen molar-refractivity contribution in [3.63, 3.8) is 0 Å². The van der Waals surface area contributed by atoms with E-state index in [0.29, 0.717) is 53.2 Å². The van der Waals surface area contributed by atoms with Gasteiger partial charge in [-0.15, -0.1) is 4.33 Å². The quantitative estimate of drug-likeness (QED) is 0.0259. The van der Waals surface area contributed by atoms with Gasteiger partial charge < -0.3 is 15.1 Å². The lowest BCUT2D eigenvalue weighted by atomic mass is 9.81. The molecule has 294 valence electrons. The minimum Gasteiger partial charge on any atom is -0.510 e. The Kier molecular flexibility index (Phi) is 10.9. The molecular formula is C35H37N2O14S4+. The maximum atomic E-state index is 12.0. The predicted molar refractivity (Wildman–Crippen MR) is 202 cm³/mol. The Balaban J connectivity index is 1.36. The van der Waals surface area contributed by atoms with Crippen LogP contribution in [-0.2, 0) is 50.6 Å². The fourth-order valence-corrected chi connectivity index (χ4v) is 9.71. The molecule has 0 amide bonds. The Labute approximate surface area is 321 Å². The van der Waals surface area contributed by atoms with E-state index in [1.807, 2.05) is 32.1 Å². The van der Waals surface area contributed by atoms with Crippen LogP contribution in [0.4, 0.5) is 11.4 Å². The van der Waals surface area contributed by atoms with Crippen molar-refractivity contribution in [2.75, 3.05) is 16.4 Å². The number of benzene rings is 2. The fraction of sp³-hybridized carbons (Fsp3) is 0.286. The van der Waals surface area contributed by atoms with Gasteiger partial charge in [-0.1, -0.05) is 35.4 Å². The lowest BCUT2D eigenvalue weighted by Crippen LogP contribution is -2.26. The number of aliphatic hydroxyl groups is 2. The van der Waals surface area contributed by atoms with Gasteiger partial charge in [-0.3, -0.25) is 13.7 Å². The third kappa shape index (κ3) is 8.24. The van der Waals surface area contributed by atoms with E-state index in [0.717, 1.165) is 40.7 Å². The summed E-state index contributed by atoms with van der Waals surface area (Å²) >= 11 is 0.780. The zero-order valence-corrected chi connectivity index (χ0v) is 32.5. The van der Waals surface area contributed by atoms with Crippen molar-refractivity contribution < 1.29 is 68.3 Å². The van der Waals surface area contributed by atoms with Gasteiger partial charge in [0.1, 0.15) is 17.3 Å². The summed E-state index contributed by atoms with van der Waals surface area (Å²) < 4.78 is 105. The van der Waals surface area contributed by atoms with Gasteiger partial charge in [-0.2, -0.15) is 29.8 Å². The van der Waals surface area contributed by atoms with Gasteiger partial charge in [0.2, 0.25) is 17.6 Å². The predicted octanol–water partition coefficient (Wildman–Crippen LogP) is 5.95. The first kappa shape index (κ1) is 40.6. The monoisotopic (exact) mass is 837 g/mol. The molecule has 2 aromatic rings. The van der Waals surface area contributed by atoms with Crippen molar-refractivity contribution >= 4 is 59.5 Å². The molecule has 2 aromatic carbocycles. The zero-order chi connectivity index (χ0) is 40.1. The second kappa shape index (κ2) is 14.8. The van der Waals surface area contributed by atoms with Gasteiger partial charge in [0.15, 0.2) is 5.76 Å². The highest BCUT2D eigenvalue weighted by molar-refractivity contribution is 7.94. The molecule has 6 N–H and O–H groups in total. The Morgan fingerprint density at radius 3 is 2.24 bits per heavy atom. The van der Waals surface area contributed by atoms with Crippen LogP contribution >= 0.6 is 12.0 Å². The van der Waals surface area contributed by atoms with Crippen LogP contribution in [-0.4, -0.2) is 76.2 Å². The van der Waals surface area contributed by atoms with Crippen LogP contribution < -0.4 is 4.90 Å². The SMILES string of the molecule is CC12CCC(/C=C/C=C/C=C3\CCC4(C)C3=[N+](/C=C(/O)CS(=O)(=O)O)c3ccc(SOOO)cc34)=C1N(/C=C(/O)CS(=O)(=O)O)c1ccc(S(=O)(=O)O)cc12. The number of allylic oxidation sites excluding steroid dienone is 8. The summed E-state index contributed by atoms with van der Waals surface area (Å²) in [5.74, 6) is -3.27. The maximum absolute atomic E-state index is 12.0. The average Bonchev–Trinajstić information content (AvgIpc) is 3.73. The Morgan fingerprint density at radius 2 is 1.56 bits per heavy atom. The van der Waals surface area contributed by atoms with Gasteiger partial charge in [0, 0.05) is 45.1 Å². The van der Waals surface area contributed by atoms with E-state index in [1.165, 1.54) is 24.4 Å². The molecule has 1 saturated carbocycles. The van der Waals surface area contributed by atoms with Crippen molar-refractivity contribution in [3.8, 4) is 0 Å². The third-order valence-electron chi connectivity index (χ3n) is 10.1. The summed E-state index contributed by atoms with van der Waals surface area (Å²) in [5, 5.41) is 33.4. The van der Waals surface area contributed by atoms with Gasteiger partial charge in [0.25, 0.3) is 30.4 Å². The summed E-state index contributed by atoms with van der Waals surface area (Å²) in [6.07, 6.45) is 13.8. The molecule has 0 radical (unpaired) electrons. The summed E-state index contributed by atoms with van der Waals surface area (Å²) in [7, 11) is -13.6. The normalized spacial score (nSPS) is 23.8. The minimum absolute atomic E-state index is 0.321. The molecule has 20 heteroatoms. The molecule has 55 heavy (non-hydrogen) atoms. The number of fused-ring (bicyclic) bond motifs is 6. The van der Waals surface area contributed by atoms with Crippen molar-refractivity contribution in [2.45, 2.75) is 60.2 Å². The number of nitrogens with zero attached hydrogens (tertiary/aromatic N) is 2. The molecule has 2 aliphatic carbocycles. The second-order valence-electron chi connectivity index (χ2n) is 13.8. The number of rotatable bonds is 13. The van der Waals surface area contributed by atoms with Gasteiger partial charge in [0.05, 0.1) is 22.4 Å². The second-order valence-corrected chi connectivity index (χ2v) is 18.9. The lowest BCUT2D eigenvalue weighted by molar-refractivity contribution is -0.432. The minimum atomic E-state index is -4.57. The maximum Gasteiger partial charge on any atom is 0.294 e. The van der Waals surface area contributed by atoms with Gasteiger partial charge in [-0.25, -0.2) is 5.26 Å². The molecule has 2 aliphatic heterocycles. The van der Waals surface area contributed by atoms with E-state index < -0.39 is 64.2 Å². The fourth-order valence-electron chi connectivity index (χ4n) is 7.91.